The first-order valence-corrected chi connectivity index (χ1v) is 10.9. The van der Waals surface area contributed by atoms with Crippen LogP contribution < -0.4 is 20.1 Å². The standard InChI is InChI=1S/C23H19F5N4O3/c24-16-6-14(7-17(25)21(16)35-15-3-4-29-18(8-15)23(26,27)28)12-34-19-9-20-31-5-1-2-13(10-31)11-32(20)22(33)30-19/h3-4,6-9,13H,1-2,5,10-12H2. The summed E-state index contributed by atoms with van der Waals surface area (Å²) in [6.45, 7) is 1.97. The van der Waals surface area contributed by atoms with Crippen molar-refractivity contribution in [3.63, 3.8) is 0 Å². The van der Waals surface area contributed by atoms with Crippen LogP contribution in [0.1, 0.15) is 24.1 Å². The molecule has 1 unspecified atom stereocenters. The summed E-state index contributed by atoms with van der Waals surface area (Å²) in [5, 5.41) is 0. The fourth-order valence-corrected chi connectivity index (χ4v) is 4.36. The van der Waals surface area contributed by atoms with Crippen molar-refractivity contribution in [2.75, 3.05) is 18.0 Å². The normalized spacial score (nSPS) is 17.2. The molecular formula is C23H19F5N4O3. The number of pyridine rings is 1. The predicted molar refractivity (Wildman–Crippen MR) is 113 cm³/mol. The highest BCUT2D eigenvalue weighted by Crippen LogP contribution is 2.34. The number of ether oxygens (including phenoxy) is 2. The number of nitrogens with zero attached hydrogens (tertiary/aromatic N) is 4. The maximum Gasteiger partial charge on any atom is 0.433 e. The van der Waals surface area contributed by atoms with Gasteiger partial charge >= 0.3 is 11.9 Å². The summed E-state index contributed by atoms with van der Waals surface area (Å²) < 4.78 is 79.7. The Balaban J connectivity index is 1.32. The molecule has 0 saturated carbocycles. The lowest BCUT2D eigenvalue weighted by Crippen LogP contribution is -2.46. The summed E-state index contributed by atoms with van der Waals surface area (Å²) in [7, 11) is 0. The topological polar surface area (TPSA) is 69.5 Å². The van der Waals surface area contributed by atoms with E-state index in [9.17, 15) is 26.7 Å². The van der Waals surface area contributed by atoms with Gasteiger partial charge < -0.3 is 14.4 Å². The second-order valence-corrected chi connectivity index (χ2v) is 8.45. The van der Waals surface area contributed by atoms with Gasteiger partial charge in [0, 0.05) is 38.0 Å². The largest absolute Gasteiger partial charge is 0.473 e. The van der Waals surface area contributed by atoms with Crippen LogP contribution in [0.5, 0.6) is 17.4 Å². The zero-order valence-corrected chi connectivity index (χ0v) is 18.2. The van der Waals surface area contributed by atoms with Gasteiger partial charge in [-0.05, 0) is 42.5 Å². The summed E-state index contributed by atoms with van der Waals surface area (Å²) >= 11 is 0. The lowest BCUT2D eigenvalue weighted by molar-refractivity contribution is -0.141. The number of hydrogen-bond acceptors (Lipinski definition) is 6. The van der Waals surface area contributed by atoms with Gasteiger partial charge in [0.1, 0.15) is 23.9 Å². The van der Waals surface area contributed by atoms with Gasteiger partial charge in [-0.25, -0.2) is 13.6 Å². The number of piperidine rings is 1. The van der Waals surface area contributed by atoms with Gasteiger partial charge in [-0.3, -0.25) is 9.55 Å². The van der Waals surface area contributed by atoms with E-state index in [0.29, 0.717) is 24.3 Å². The van der Waals surface area contributed by atoms with Crippen molar-refractivity contribution in [1.29, 1.82) is 0 Å². The van der Waals surface area contributed by atoms with Gasteiger partial charge in [-0.1, -0.05) is 0 Å². The molecule has 35 heavy (non-hydrogen) atoms. The molecule has 2 bridgehead atoms. The van der Waals surface area contributed by atoms with Crippen molar-refractivity contribution < 1.29 is 31.4 Å². The molecule has 7 nitrogen and oxygen atoms in total. The Morgan fingerprint density at radius 1 is 1.09 bits per heavy atom. The highest BCUT2D eigenvalue weighted by Gasteiger charge is 2.33. The molecule has 184 valence electrons. The van der Waals surface area contributed by atoms with Gasteiger partial charge in [0.05, 0.1) is 0 Å². The molecule has 0 aliphatic carbocycles. The third-order valence-corrected chi connectivity index (χ3v) is 5.94. The third-order valence-electron chi connectivity index (χ3n) is 5.94. The number of anilines is 1. The lowest BCUT2D eigenvalue weighted by Gasteiger charge is -2.40. The number of aromatic nitrogens is 3. The number of hydrogen-bond donors (Lipinski definition) is 0. The van der Waals surface area contributed by atoms with E-state index >= 15 is 0 Å². The van der Waals surface area contributed by atoms with Crippen LogP contribution in [-0.4, -0.2) is 27.6 Å². The molecule has 1 atom stereocenters. The minimum atomic E-state index is -4.74. The highest BCUT2D eigenvalue weighted by atomic mass is 19.4. The smallest absolute Gasteiger partial charge is 0.433 e. The molecule has 5 rings (SSSR count). The van der Waals surface area contributed by atoms with Gasteiger partial charge in [-0.15, -0.1) is 0 Å². The van der Waals surface area contributed by atoms with E-state index in [1.54, 1.807) is 10.6 Å². The molecule has 4 heterocycles. The summed E-state index contributed by atoms with van der Waals surface area (Å²) in [4.78, 5) is 21.7. The molecule has 0 amide bonds. The molecule has 1 saturated heterocycles. The van der Waals surface area contributed by atoms with Crippen LogP contribution in [0.15, 0.2) is 41.3 Å². The predicted octanol–water partition coefficient (Wildman–Crippen LogP) is 4.54. The van der Waals surface area contributed by atoms with E-state index in [4.69, 9.17) is 9.47 Å². The first kappa shape index (κ1) is 23.1. The second kappa shape index (κ2) is 8.82. The third kappa shape index (κ3) is 4.77. The average Bonchev–Trinajstić information content (AvgIpc) is 2.81. The minimum Gasteiger partial charge on any atom is -0.473 e. The van der Waals surface area contributed by atoms with E-state index in [0.717, 1.165) is 50.3 Å². The van der Waals surface area contributed by atoms with Crippen LogP contribution in [0, 0.1) is 17.6 Å². The Kier molecular flexibility index (Phi) is 5.81. The first-order chi connectivity index (χ1) is 16.7. The minimum absolute atomic E-state index is 0.0304. The zero-order valence-electron chi connectivity index (χ0n) is 18.2. The summed E-state index contributed by atoms with van der Waals surface area (Å²) in [5.74, 6) is -2.42. The second-order valence-electron chi connectivity index (χ2n) is 8.45. The Labute approximate surface area is 195 Å². The van der Waals surface area contributed by atoms with Gasteiger partial charge in [0.15, 0.2) is 17.4 Å². The van der Waals surface area contributed by atoms with Crippen LogP contribution in [0.4, 0.5) is 27.8 Å². The van der Waals surface area contributed by atoms with E-state index in [-0.39, 0.29) is 18.1 Å². The van der Waals surface area contributed by atoms with Crippen LogP contribution in [0.3, 0.4) is 0 Å². The Morgan fingerprint density at radius 3 is 2.60 bits per heavy atom. The van der Waals surface area contributed by atoms with Gasteiger partial charge in [0.25, 0.3) is 0 Å². The number of alkyl halides is 3. The Morgan fingerprint density at radius 2 is 1.86 bits per heavy atom. The lowest BCUT2D eigenvalue weighted by atomic mass is 9.96. The van der Waals surface area contributed by atoms with Crippen LogP contribution >= 0.6 is 0 Å². The van der Waals surface area contributed by atoms with Crippen molar-refractivity contribution in [3.05, 3.63) is 69.9 Å². The quantitative estimate of drug-likeness (QED) is 0.486. The molecule has 2 aliphatic rings. The number of rotatable bonds is 5. The molecule has 0 N–H and O–H groups in total. The van der Waals surface area contributed by atoms with Crippen molar-refractivity contribution >= 4 is 5.82 Å². The van der Waals surface area contributed by atoms with Crippen LogP contribution in [-0.2, 0) is 19.3 Å². The van der Waals surface area contributed by atoms with Crippen molar-refractivity contribution in [2.24, 2.45) is 5.92 Å². The highest BCUT2D eigenvalue weighted by molar-refractivity contribution is 5.44. The molecule has 3 aromatic rings. The van der Waals surface area contributed by atoms with E-state index < -0.39 is 40.7 Å². The number of fused-ring (bicyclic) bond motifs is 4. The summed E-state index contributed by atoms with van der Waals surface area (Å²) in [6.07, 6.45) is -1.82. The van der Waals surface area contributed by atoms with Gasteiger partial charge in [0.2, 0.25) is 5.88 Å². The Hall–Kier alpha value is -3.70. The zero-order chi connectivity index (χ0) is 24.7. The van der Waals surface area contributed by atoms with Crippen LogP contribution in [0.2, 0.25) is 0 Å². The van der Waals surface area contributed by atoms with Crippen LogP contribution in [0.25, 0.3) is 0 Å². The molecular weight excluding hydrogens is 475 g/mol. The molecule has 2 aromatic heterocycles. The maximum atomic E-state index is 14.6. The molecule has 1 fully saturated rings. The fraction of sp³-hybridized carbons (Fsp3) is 0.348. The van der Waals surface area contributed by atoms with Crippen molar-refractivity contribution in [2.45, 2.75) is 32.2 Å². The maximum absolute atomic E-state index is 14.6. The molecule has 1 aromatic carbocycles. The molecule has 0 radical (unpaired) electrons. The summed E-state index contributed by atoms with van der Waals surface area (Å²) in [6, 6.07) is 5.10. The summed E-state index contributed by atoms with van der Waals surface area (Å²) in [5.41, 5.74) is -1.63. The molecule has 2 aliphatic heterocycles. The first-order valence-electron chi connectivity index (χ1n) is 10.9. The molecule has 12 heteroatoms. The monoisotopic (exact) mass is 494 g/mol. The fourth-order valence-electron chi connectivity index (χ4n) is 4.36. The number of halogens is 5. The van der Waals surface area contributed by atoms with Gasteiger partial charge in [-0.2, -0.15) is 18.2 Å². The van der Waals surface area contributed by atoms with E-state index in [1.165, 1.54) is 0 Å². The Bertz CT molecular complexity index is 1300. The number of benzene rings is 1. The molecule has 0 spiro atoms. The SMILES string of the molecule is O=c1nc(OCc2cc(F)c(Oc3ccnc(C(F)(F)F)c3)c(F)c2)cc2n1CC1CCCN2C1. The average molecular weight is 494 g/mol. The van der Waals surface area contributed by atoms with E-state index in [2.05, 4.69) is 14.9 Å². The van der Waals surface area contributed by atoms with Crippen molar-refractivity contribution in [3.8, 4) is 17.4 Å². The van der Waals surface area contributed by atoms with Crippen molar-refractivity contribution in [1.82, 2.24) is 14.5 Å². The van der Waals surface area contributed by atoms with E-state index in [1.807, 2.05) is 0 Å².